The van der Waals surface area contributed by atoms with Gasteiger partial charge in [-0.1, -0.05) is 5.18 Å². The Morgan fingerprint density at radius 2 is 2.08 bits per heavy atom. The van der Waals surface area contributed by atoms with Crippen LogP contribution in [0.5, 0.6) is 0 Å². The number of nitrogens with one attached hydrogen (secondary N) is 3. The number of nitrogens with zero attached hydrogens (tertiary/aromatic N) is 2. The number of hydrogen-bond donors (Lipinski definition) is 4. The molecule has 5 atom stereocenters. The van der Waals surface area contributed by atoms with E-state index in [2.05, 4.69) is 25.9 Å². The molecule has 8 nitrogen and oxygen atoms in total. The number of nitrogen functional groups attached to an aromatic ring is 1. The zero-order valence-electron chi connectivity index (χ0n) is 14.4. The van der Waals surface area contributed by atoms with Crippen molar-refractivity contribution in [1.29, 1.82) is 0 Å². The number of aromatic nitrogens is 2. The molecule has 4 aliphatic rings. The van der Waals surface area contributed by atoms with Crippen molar-refractivity contribution in [2.75, 3.05) is 5.32 Å². The molecule has 0 aromatic carbocycles. The predicted octanol–water partition coefficient (Wildman–Crippen LogP) is 2.29. The average molecular weight is 354 g/mol. The fourth-order valence-corrected chi connectivity index (χ4v) is 5.91. The van der Waals surface area contributed by atoms with Crippen LogP contribution in [-0.2, 0) is 0 Å². The minimum Gasteiger partial charge on any atom is -0.380 e. The Morgan fingerprint density at radius 1 is 1.31 bits per heavy atom. The number of anilines is 1. The lowest BCUT2D eigenvalue weighted by Crippen LogP contribution is -2.58. The summed E-state index contributed by atoms with van der Waals surface area (Å²) in [5.41, 5.74) is 3.80. The van der Waals surface area contributed by atoms with E-state index in [0.29, 0.717) is 23.3 Å². The highest BCUT2D eigenvalue weighted by atomic mass is 16.3. The van der Waals surface area contributed by atoms with Crippen LogP contribution in [0.15, 0.2) is 23.6 Å². The summed E-state index contributed by atoms with van der Waals surface area (Å²) in [5.74, 6) is 6.44. The van der Waals surface area contributed by atoms with E-state index in [1.54, 1.807) is 6.20 Å². The van der Waals surface area contributed by atoms with Crippen LogP contribution in [0.2, 0.25) is 0 Å². The topological polar surface area (TPSA) is 125 Å². The molecule has 4 saturated carbocycles. The summed E-state index contributed by atoms with van der Waals surface area (Å²) < 4.78 is 0. The Kier molecular flexibility index (Phi) is 3.34. The minimum absolute atomic E-state index is 0.242. The third-order valence-electron chi connectivity index (χ3n) is 6.71. The summed E-state index contributed by atoms with van der Waals surface area (Å²) in [6.07, 6.45) is 8.27. The van der Waals surface area contributed by atoms with Gasteiger partial charge in [-0.2, -0.15) is 4.91 Å². The predicted molar refractivity (Wildman–Crippen MR) is 97.2 cm³/mol. The van der Waals surface area contributed by atoms with Gasteiger partial charge in [-0.3, -0.25) is 10.2 Å². The summed E-state index contributed by atoms with van der Waals surface area (Å²) in [7, 11) is 0. The van der Waals surface area contributed by atoms with E-state index in [1.165, 1.54) is 0 Å². The first-order chi connectivity index (χ1) is 12.6. The summed E-state index contributed by atoms with van der Waals surface area (Å²) in [6.45, 7) is 0. The summed E-state index contributed by atoms with van der Waals surface area (Å²) in [5, 5.41) is 8.08. The van der Waals surface area contributed by atoms with Crippen LogP contribution in [0, 0.1) is 22.7 Å². The third-order valence-corrected chi connectivity index (χ3v) is 6.71. The van der Waals surface area contributed by atoms with E-state index in [-0.39, 0.29) is 17.5 Å². The minimum atomic E-state index is -0.363. The van der Waals surface area contributed by atoms with Crippen molar-refractivity contribution in [3.63, 3.8) is 0 Å². The van der Waals surface area contributed by atoms with Crippen LogP contribution in [0.3, 0.4) is 0 Å². The molecule has 0 spiro atoms. The normalized spacial score (nSPS) is 34.8. The molecule has 3 unspecified atom stereocenters. The molecule has 1 amide bonds. The molecular formula is C18H22N6O2. The maximum Gasteiger partial charge on any atom is 0.268 e. The first-order valence-electron chi connectivity index (χ1n) is 9.20. The van der Waals surface area contributed by atoms with Crippen molar-refractivity contribution in [1.82, 2.24) is 15.4 Å². The molecule has 4 aliphatic carbocycles. The van der Waals surface area contributed by atoms with E-state index < -0.39 is 0 Å². The molecule has 8 heteroatoms. The number of pyridine rings is 1. The molecule has 136 valence electrons. The van der Waals surface area contributed by atoms with E-state index in [9.17, 15) is 9.70 Å². The highest BCUT2D eigenvalue weighted by molar-refractivity contribution is 6.06. The van der Waals surface area contributed by atoms with Gasteiger partial charge in [-0.15, -0.1) is 0 Å². The lowest BCUT2D eigenvalue weighted by molar-refractivity contribution is -0.0102. The molecule has 0 saturated heterocycles. The molecular weight excluding hydrogens is 332 g/mol. The van der Waals surface area contributed by atoms with E-state index in [4.69, 9.17) is 5.84 Å². The van der Waals surface area contributed by atoms with Gasteiger partial charge < -0.3 is 10.3 Å². The number of carbonyl (C=O) groups is 1. The second-order valence-electron chi connectivity index (χ2n) is 8.22. The lowest BCUT2D eigenvalue weighted by Gasteiger charge is -2.57. The van der Waals surface area contributed by atoms with Gasteiger partial charge in [-0.05, 0) is 55.9 Å². The molecule has 4 fully saturated rings. The first-order valence-corrected chi connectivity index (χ1v) is 9.20. The van der Waals surface area contributed by atoms with Crippen molar-refractivity contribution in [2.24, 2.45) is 28.8 Å². The van der Waals surface area contributed by atoms with Crippen LogP contribution < -0.4 is 16.6 Å². The van der Waals surface area contributed by atoms with E-state index in [0.717, 1.165) is 48.8 Å². The molecule has 26 heavy (non-hydrogen) atoms. The number of carbonyl (C=O) groups excluding carboxylic acids is 1. The SMILES string of the molecule is NNC(=O)c1cnc2[nH]ccc2c1NC1[C@@H]2CC3C[C@H]1CC(N=O)(C3)C2. The maximum absolute atomic E-state index is 12.3. The largest absolute Gasteiger partial charge is 0.380 e. The van der Waals surface area contributed by atoms with Crippen LogP contribution in [0.4, 0.5) is 5.69 Å². The fourth-order valence-electron chi connectivity index (χ4n) is 5.91. The zero-order valence-corrected chi connectivity index (χ0v) is 14.4. The zero-order chi connectivity index (χ0) is 17.9. The number of nitroso groups, excluding NO2 is 1. The number of nitrogens with two attached hydrogens (primary N) is 1. The Labute approximate surface area is 150 Å². The van der Waals surface area contributed by atoms with Gasteiger partial charge in [0.25, 0.3) is 5.91 Å². The number of hydrazine groups is 1. The van der Waals surface area contributed by atoms with Crippen LogP contribution in [0.25, 0.3) is 11.0 Å². The molecule has 0 aliphatic heterocycles. The molecule has 0 radical (unpaired) electrons. The highest BCUT2D eigenvalue weighted by Crippen LogP contribution is 2.58. The van der Waals surface area contributed by atoms with Gasteiger partial charge in [0.2, 0.25) is 0 Å². The number of H-pyrrole nitrogens is 1. The van der Waals surface area contributed by atoms with E-state index >= 15 is 0 Å². The Bertz CT molecular complexity index is 877. The van der Waals surface area contributed by atoms with E-state index in [1.807, 2.05) is 12.3 Å². The first kappa shape index (κ1) is 15.7. The van der Waals surface area contributed by atoms with Gasteiger partial charge in [-0.25, -0.2) is 10.8 Å². The number of amides is 1. The Hall–Kier alpha value is -2.48. The smallest absolute Gasteiger partial charge is 0.268 e. The molecule has 6 rings (SSSR count). The van der Waals surface area contributed by atoms with Crippen molar-refractivity contribution >= 4 is 22.6 Å². The van der Waals surface area contributed by atoms with Gasteiger partial charge in [0, 0.05) is 23.8 Å². The maximum atomic E-state index is 12.3. The van der Waals surface area contributed by atoms with Gasteiger partial charge in [0.1, 0.15) is 11.2 Å². The average Bonchev–Trinajstić information content (AvgIpc) is 3.12. The highest BCUT2D eigenvalue weighted by Gasteiger charge is 2.56. The second-order valence-corrected chi connectivity index (χ2v) is 8.22. The molecule has 5 N–H and O–H groups in total. The van der Waals surface area contributed by atoms with Gasteiger partial charge >= 0.3 is 0 Å². The van der Waals surface area contributed by atoms with Crippen molar-refractivity contribution in [3.05, 3.63) is 28.9 Å². The number of aromatic amines is 1. The van der Waals surface area contributed by atoms with Crippen molar-refractivity contribution < 1.29 is 4.79 Å². The fraction of sp³-hybridized carbons (Fsp3) is 0.556. The molecule has 2 aromatic rings. The van der Waals surface area contributed by atoms with Crippen molar-refractivity contribution in [3.8, 4) is 0 Å². The van der Waals surface area contributed by atoms with Gasteiger partial charge in [0.05, 0.1) is 11.3 Å². The van der Waals surface area contributed by atoms with Crippen molar-refractivity contribution in [2.45, 2.75) is 43.7 Å². The number of fused-ring (bicyclic) bond motifs is 1. The summed E-state index contributed by atoms with van der Waals surface area (Å²) in [4.78, 5) is 31.2. The summed E-state index contributed by atoms with van der Waals surface area (Å²) in [6, 6.07) is 2.16. The van der Waals surface area contributed by atoms with Gasteiger partial charge in [0.15, 0.2) is 0 Å². The van der Waals surface area contributed by atoms with Crippen LogP contribution >= 0.6 is 0 Å². The third kappa shape index (κ3) is 2.18. The lowest BCUT2D eigenvalue weighted by atomic mass is 9.51. The Morgan fingerprint density at radius 3 is 2.77 bits per heavy atom. The molecule has 2 heterocycles. The number of rotatable bonds is 4. The Balaban J connectivity index is 1.53. The molecule has 2 aromatic heterocycles. The quantitative estimate of drug-likeness (QED) is 0.290. The number of hydrogen-bond acceptors (Lipinski definition) is 6. The van der Waals surface area contributed by atoms with Crippen LogP contribution in [0.1, 0.15) is 42.5 Å². The monoisotopic (exact) mass is 354 g/mol. The molecule has 4 bridgehead atoms. The standard InChI is InChI=1S/C18H22N6O2/c19-23-17(25)13-8-21-16-12(1-2-20-16)15(13)22-14-10-3-9-4-11(14)7-18(5-9,6-10)24-26/h1-2,8-11,14H,3-7,19H2,(H,23,25)(H2,20,21,22)/t9?,10-,11+,14?,18?. The summed E-state index contributed by atoms with van der Waals surface area (Å²) >= 11 is 0. The second kappa shape index (κ2) is 5.51. The van der Waals surface area contributed by atoms with Crippen LogP contribution in [-0.4, -0.2) is 27.5 Å².